The van der Waals surface area contributed by atoms with E-state index in [-0.39, 0.29) is 5.82 Å². The van der Waals surface area contributed by atoms with Crippen LogP contribution in [0.2, 0.25) is 5.02 Å². The Hall–Kier alpha value is -0.320. The summed E-state index contributed by atoms with van der Waals surface area (Å²) in [5, 5.41) is 4.11. The van der Waals surface area contributed by atoms with Gasteiger partial charge in [0.1, 0.15) is 5.82 Å². The van der Waals surface area contributed by atoms with Crippen LogP contribution in [0, 0.1) is 11.7 Å². The van der Waals surface area contributed by atoms with Crippen molar-refractivity contribution in [1.82, 2.24) is 5.32 Å². The van der Waals surface area contributed by atoms with Crippen molar-refractivity contribution >= 4 is 33.2 Å². The molecule has 1 aromatic rings. The van der Waals surface area contributed by atoms with Gasteiger partial charge in [0.2, 0.25) is 0 Å². The number of nitrogens with zero attached hydrogens (tertiary/aromatic N) is 1. The molecule has 0 spiro atoms. The quantitative estimate of drug-likeness (QED) is 0.875. The number of anilines is 1. The molecule has 2 fully saturated rings. The molecule has 0 amide bonds. The predicted molar refractivity (Wildman–Crippen MR) is 80.5 cm³/mol. The Bertz CT molecular complexity index is 456. The molecule has 19 heavy (non-hydrogen) atoms. The second kappa shape index (κ2) is 5.58. The molecule has 3 rings (SSSR count). The fourth-order valence-electron chi connectivity index (χ4n) is 2.80. The van der Waals surface area contributed by atoms with Gasteiger partial charge in [-0.05, 0) is 59.8 Å². The van der Waals surface area contributed by atoms with E-state index in [0.29, 0.717) is 11.1 Å². The first kappa shape index (κ1) is 13.7. The Morgan fingerprint density at radius 1 is 1.37 bits per heavy atom. The lowest BCUT2D eigenvalue weighted by Gasteiger charge is -2.28. The van der Waals surface area contributed by atoms with E-state index >= 15 is 0 Å². The van der Waals surface area contributed by atoms with Crippen LogP contribution in [0.4, 0.5) is 10.1 Å². The van der Waals surface area contributed by atoms with Crippen LogP contribution in [-0.2, 0) is 0 Å². The van der Waals surface area contributed by atoms with Crippen molar-refractivity contribution in [3.05, 3.63) is 27.4 Å². The number of halogens is 3. The molecule has 5 heteroatoms. The maximum atomic E-state index is 13.3. The number of rotatable bonds is 2. The van der Waals surface area contributed by atoms with Gasteiger partial charge in [-0.1, -0.05) is 11.6 Å². The second-order valence-corrected chi connectivity index (χ2v) is 6.68. The summed E-state index contributed by atoms with van der Waals surface area (Å²) in [6.07, 6.45) is 3.73. The third-order valence-electron chi connectivity index (χ3n) is 3.92. The van der Waals surface area contributed by atoms with Crippen molar-refractivity contribution in [3.63, 3.8) is 0 Å². The minimum atomic E-state index is -0.299. The maximum Gasteiger partial charge on any atom is 0.125 e. The van der Waals surface area contributed by atoms with Gasteiger partial charge in [0.15, 0.2) is 0 Å². The van der Waals surface area contributed by atoms with E-state index in [1.54, 1.807) is 0 Å². The molecule has 1 heterocycles. The Balaban J connectivity index is 1.87. The lowest BCUT2D eigenvalue weighted by molar-refractivity contribution is 0.490. The largest absolute Gasteiger partial charge is 0.368 e. The summed E-state index contributed by atoms with van der Waals surface area (Å²) in [6.45, 7) is 2.96. The first-order valence-electron chi connectivity index (χ1n) is 6.78. The van der Waals surface area contributed by atoms with Gasteiger partial charge in [-0.2, -0.15) is 0 Å². The van der Waals surface area contributed by atoms with E-state index < -0.39 is 0 Å². The van der Waals surface area contributed by atoms with E-state index in [1.165, 1.54) is 25.0 Å². The molecule has 1 aliphatic carbocycles. The summed E-state index contributed by atoms with van der Waals surface area (Å²) in [4.78, 5) is 2.29. The van der Waals surface area contributed by atoms with Crippen molar-refractivity contribution in [1.29, 1.82) is 0 Å². The average molecular weight is 348 g/mol. The van der Waals surface area contributed by atoms with Crippen LogP contribution in [0.3, 0.4) is 0 Å². The molecule has 2 nitrogen and oxygen atoms in total. The van der Waals surface area contributed by atoms with Gasteiger partial charge in [-0.25, -0.2) is 4.39 Å². The molecular formula is C14H17BrClFN2. The summed E-state index contributed by atoms with van der Waals surface area (Å²) >= 11 is 9.68. The molecular weight excluding hydrogens is 331 g/mol. The Labute approximate surface area is 126 Å². The highest BCUT2D eigenvalue weighted by molar-refractivity contribution is 9.10. The minimum Gasteiger partial charge on any atom is -0.368 e. The Morgan fingerprint density at radius 2 is 2.16 bits per heavy atom. The third kappa shape index (κ3) is 3.06. The molecule has 1 saturated heterocycles. The first-order chi connectivity index (χ1) is 9.15. The fourth-order valence-corrected chi connectivity index (χ4v) is 3.93. The van der Waals surface area contributed by atoms with Crippen LogP contribution in [0.1, 0.15) is 19.3 Å². The molecule has 0 aromatic heterocycles. The number of benzene rings is 1. The van der Waals surface area contributed by atoms with E-state index in [9.17, 15) is 4.39 Å². The summed E-state index contributed by atoms with van der Waals surface area (Å²) in [6, 6.07) is 3.42. The molecule has 0 bridgehead atoms. The van der Waals surface area contributed by atoms with Crippen LogP contribution < -0.4 is 10.2 Å². The SMILES string of the molecule is Fc1cc(Cl)c(N2CCCNC(C3CC3)C2)c(Br)c1. The minimum absolute atomic E-state index is 0.299. The molecule has 1 N–H and O–H groups in total. The third-order valence-corrected chi connectivity index (χ3v) is 4.81. The van der Waals surface area contributed by atoms with Crippen molar-refractivity contribution in [3.8, 4) is 0 Å². The number of hydrogen-bond donors (Lipinski definition) is 1. The topological polar surface area (TPSA) is 15.3 Å². The van der Waals surface area contributed by atoms with E-state index in [1.807, 2.05) is 0 Å². The average Bonchev–Trinajstić information content (AvgIpc) is 3.14. The molecule has 1 saturated carbocycles. The maximum absolute atomic E-state index is 13.3. The highest BCUT2D eigenvalue weighted by Gasteiger charge is 2.33. The standard InChI is InChI=1S/C14H17BrClFN2/c15-11-6-10(17)7-12(16)14(11)19-5-1-4-18-13(8-19)9-2-3-9/h6-7,9,13,18H,1-5,8H2. The van der Waals surface area contributed by atoms with Crippen molar-refractivity contribution in [2.45, 2.75) is 25.3 Å². The Morgan fingerprint density at radius 3 is 2.84 bits per heavy atom. The van der Waals surface area contributed by atoms with Crippen LogP contribution in [0.25, 0.3) is 0 Å². The number of hydrogen-bond acceptors (Lipinski definition) is 2. The van der Waals surface area contributed by atoms with Crippen molar-refractivity contribution in [2.24, 2.45) is 5.92 Å². The molecule has 1 atom stereocenters. The highest BCUT2D eigenvalue weighted by atomic mass is 79.9. The predicted octanol–water partition coefficient (Wildman–Crippen LogP) is 3.82. The summed E-state index contributed by atoms with van der Waals surface area (Å²) in [5.74, 6) is 0.505. The molecule has 1 aromatic carbocycles. The molecule has 1 unspecified atom stereocenters. The zero-order valence-corrected chi connectivity index (χ0v) is 13.0. The zero-order chi connectivity index (χ0) is 13.4. The zero-order valence-electron chi connectivity index (χ0n) is 10.6. The van der Waals surface area contributed by atoms with Crippen LogP contribution in [-0.4, -0.2) is 25.7 Å². The molecule has 0 radical (unpaired) electrons. The summed E-state index contributed by atoms with van der Waals surface area (Å²) in [5.41, 5.74) is 0.928. The Kier molecular flexibility index (Phi) is 4.01. The van der Waals surface area contributed by atoms with Gasteiger partial charge < -0.3 is 10.2 Å². The monoisotopic (exact) mass is 346 g/mol. The first-order valence-corrected chi connectivity index (χ1v) is 7.95. The lowest BCUT2D eigenvalue weighted by Crippen LogP contribution is -2.39. The van der Waals surface area contributed by atoms with E-state index in [4.69, 9.17) is 11.6 Å². The summed E-state index contributed by atoms with van der Waals surface area (Å²) < 4.78 is 14.1. The molecule has 104 valence electrons. The fraction of sp³-hybridized carbons (Fsp3) is 0.571. The molecule has 2 aliphatic rings. The van der Waals surface area contributed by atoms with Gasteiger partial charge in [0.25, 0.3) is 0 Å². The van der Waals surface area contributed by atoms with Crippen molar-refractivity contribution < 1.29 is 4.39 Å². The highest BCUT2D eigenvalue weighted by Crippen LogP contribution is 2.38. The van der Waals surface area contributed by atoms with E-state index in [2.05, 4.69) is 26.1 Å². The smallest absolute Gasteiger partial charge is 0.125 e. The van der Waals surface area contributed by atoms with Crippen LogP contribution >= 0.6 is 27.5 Å². The van der Waals surface area contributed by atoms with Crippen LogP contribution in [0.5, 0.6) is 0 Å². The second-order valence-electron chi connectivity index (χ2n) is 5.42. The van der Waals surface area contributed by atoms with Crippen LogP contribution in [0.15, 0.2) is 16.6 Å². The normalized spacial score (nSPS) is 24.4. The van der Waals surface area contributed by atoms with Gasteiger partial charge in [-0.15, -0.1) is 0 Å². The van der Waals surface area contributed by atoms with Gasteiger partial charge in [-0.3, -0.25) is 0 Å². The number of nitrogens with one attached hydrogen (secondary N) is 1. The summed E-state index contributed by atoms with van der Waals surface area (Å²) in [7, 11) is 0. The van der Waals surface area contributed by atoms with E-state index in [0.717, 1.165) is 42.1 Å². The van der Waals surface area contributed by atoms with Gasteiger partial charge >= 0.3 is 0 Å². The lowest BCUT2D eigenvalue weighted by atomic mass is 10.1. The van der Waals surface area contributed by atoms with Crippen molar-refractivity contribution in [2.75, 3.05) is 24.5 Å². The van der Waals surface area contributed by atoms with Gasteiger partial charge in [0.05, 0.1) is 10.7 Å². The van der Waals surface area contributed by atoms with Gasteiger partial charge in [0, 0.05) is 23.6 Å². The molecule has 1 aliphatic heterocycles.